The molecule has 21 heavy (non-hydrogen) atoms. The highest BCUT2D eigenvalue weighted by molar-refractivity contribution is 6.02. The lowest BCUT2D eigenvalue weighted by Gasteiger charge is -2.03. The van der Waals surface area contributed by atoms with Crippen molar-refractivity contribution in [1.29, 1.82) is 0 Å². The molecule has 1 aromatic carbocycles. The fourth-order valence-electron chi connectivity index (χ4n) is 1.98. The van der Waals surface area contributed by atoms with Gasteiger partial charge in [0.1, 0.15) is 6.33 Å². The van der Waals surface area contributed by atoms with Crippen molar-refractivity contribution in [2.75, 3.05) is 5.32 Å². The van der Waals surface area contributed by atoms with Crippen LogP contribution in [0.5, 0.6) is 0 Å². The Morgan fingerprint density at radius 1 is 1.24 bits per heavy atom. The number of para-hydroxylation sites is 1. The van der Waals surface area contributed by atoms with Crippen LogP contribution in [0.2, 0.25) is 0 Å². The second-order valence-electron chi connectivity index (χ2n) is 4.64. The van der Waals surface area contributed by atoms with Crippen LogP contribution in [-0.4, -0.2) is 30.5 Å². The quantitative estimate of drug-likeness (QED) is 0.791. The van der Waals surface area contributed by atoms with Gasteiger partial charge in [-0.2, -0.15) is 5.10 Å². The van der Waals surface area contributed by atoms with Crippen molar-refractivity contribution >= 4 is 11.9 Å². The number of carbonyl (C=O) groups excluding carboxylic acids is 1. The molecule has 7 nitrogen and oxygen atoms in total. The van der Waals surface area contributed by atoms with Crippen LogP contribution >= 0.6 is 0 Å². The maximum atomic E-state index is 12.2. The van der Waals surface area contributed by atoms with Crippen molar-refractivity contribution < 1.29 is 4.79 Å². The monoisotopic (exact) mass is 282 g/mol. The number of rotatable bonds is 3. The molecule has 2 aromatic heterocycles. The van der Waals surface area contributed by atoms with E-state index in [1.54, 1.807) is 22.4 Å². The molecule has 0 aliphatic carbocycles. The van der Waals surface area contributed by atoms with Gasteiger partial charge >= 0.3 is 0 Å². The molecule has 3 aromatic rings. The number of aryl methyl sites for hydroxylation is 2. The predicted molar refractivity (Wildman–Crippen MR) is 77.3 cm³/mol. The Morgan fingerprint density at radius 3 is 2.67 bits per heavy atom. The van der Waals surface area contributed by atoms with Crippen molar-refractivity contribution in [1.82, 2.24) is 24.5 Å². The summed E-state index contributed by atoms with van der Waals surface area (Å²) in [5, 5.41) is 14.5. The van der Waals surface area contributed by atoms with Crippen LogP contribution < -0.4 is 5.32 Å². The average molecular weight is 282 g/mol. The molecular weight excluding hydrogens is 268 g/mol. The van der Waals surface area contributed by atoms with Crippen LogP contribution in [-0.2, 0) is 7.05 Å². The largest absolute Gasteiger partial charge is 0.303 e. The van der Waals surface area contributed by atoms with Gasteiger partial charge in [-0.15, -0.1) is 10.2 Å². The van der Waals surface area contributed by atoms with Crippen molar-refractivity contribution in [3.63, 3.8) is 0 Å². The number of hydrogen-bond donors (Lipinski definition) is 1. The standard InChI is InChI=1S/C14H14N6O/c1-10-8-12(13(21)16-14-17-15-9-19(14)2)18-20(10)11-6-4-3-5-7-11/h3-9H,1-2H3,(H,16,17,21). The summed E-state index contributed by atoms with van der Waals surface area (Å²) in [4.78, 5) is 12.2. The summed E-state index contributed by atoms with van der Waals surface area (Å²) < 4.78 is 3.35. The van der Waals surface area contributed by atoms with Crippen molar-refractivity contribution in [3.8, 4) is 5.69 Å². The van der Waals surface area contributed by atoms with Crippen molar-refractivity contribution in [2.45, 2.75) is 6.92 Å². The second kappa shape index (κ2) is 5.20. The van der Waals surface area contributed by atoms with Gasteiger partial charge in [0.15, 0.2) is 5.69 Å². The minimum Gasteiger partial charge on any atom is -0.303 e. The molecule has 0 saturated heterocycles. The molecule has 0 saturated carbocycles. The first-order valence-electron chi connectivity index (χ1n) is 6.42. The Labute approximate surface area is 121 Å². The highest BCUT2D eigenvalue weighted by Crippen LogP contribution is 2.12. The number of anilines is 1. The highest BCUT2D eigenvalue weighted by Gasteiger charge is 2.15. The summed E-state index contributed by atoms with van der Waals surface area (Å²) in [5.41, 5.74) is 2.12. The lowest BCUT2D eigenvalue weighted by Crippen LogP contribution is -2.16. The van der Waals surface area contributed by atoms with Gasteiger partial charge in [0.25, 0.3) is 5.91 Å². The lowest BCUT2D eigenvalue weighted by atomic mass is 10.3. The van der Waals surface area contributed by atoms with Gasteiger partial charge in [-0.3, -0.25) is 10.1 Å². The van der Waals surface area contributed by atoms with Gasteiger partial charge in [0, 0.05) is 12.7 Å². The highest BCUT2D eigenvalue weighted by atomic mass is 16.2. The molecule has 0 radical (unpaired) electrons. The zero-order valence-corrected chi connectivity index (χ0v) is 11.7. The normalized spacial score (nSPS) is 10.6. The second-order valence-corrected chi connectivity index (χ2v) is 4.64. The van der Waals surface area contributed by atoms with Gasteiger partial charge in [0.2, 0.25) is 5.95 Å². The Bertz CT molecular complexity index is 774. The van der Waals surface area contributed by atoms with Crippen LogP contribution in [0.4, 0.5) is 5.95 Å². The summed E-state index contributed by atoms with van der Waals surface area (Å²) in [6.07, 6.45) is 1.52. The zero-order chi connectivity index (χ0) is 14.8. The number of aromatic nitrogens is 5. The van der Waals surface area contributed by atoms with E-state index in [1.807, 2.05) is 37.3 Å². The van der Waals surface area contributed by atoms with E-state index >= 15 is 0 Å². The van der Waals surface area contributed by atoms with Crippen LogP contribution in [0.3, 0.4) is 0 Å². The van der Waals surface area contributed by atoms with Gasteiger partial charge in [0.05, 0.1) is 5.69 Å². The molecule has 7 heteroatoms. The third-order valence-electron chi connectivity index (χ3n) is 3.06. The van der Waals surface area contributed by atoms with E-state index in [1.165, 1.54) is 6.33 Å². The van der Waals surface area contributed by atoms with E-state index in [0.29, 0.717) is 11.6 Å². The third-order valence-corrected chi connectivity index (χ3v) is 3.06. The topological polar surface area (TPSA) is 77.6 Å². The van der Waals surface area contributed by atoms with Crippen molar-refractivity contribution in [2.24, 2.45) is 7.05 Å². The van der Waals surface area contributed by atoms with Crippen LogP contribution in [0.15, 0.2) is 42.7 Å². The van der Waals surface area contributed by atoms with E-state index in [2.05, 4.69) is 20.6 Å². The maximum absolute atomic E-state index is 12.2. The molecule has 2 heterocycles. The summed E-state index contributed by atoms with van der Waals surface area (Å²) in [7, 11) is 1.75. The van der Waals surface area contributed by atoms with Gasteiger partial charge in [-0.1, -0.05) is 18.2 Å². The third kappa shape index (κ3) is 2.53. The number of hydrogen-bond acceptors (Lipinski definition) is 4. The average Bonchev–Trinajstić information content (AvgIpc) is 3.07. The number of nitrogens with one attached hydrogen (secondary N) is 1. The number of nitrogens with zero attached hydrogens (tertiary/aromatic N) is 5. The Balaban J connectivity index is 1.87. The number of benzene rings is 1. The van der Waals surface area contributed by atoms with Crippen LogP contribution in [0, 0.1) is 6.92 Å². The molecule has 1 N–H and O–H groups in total. The number of amides is 1. The molecule has 3 rings (SSSR count). The van der Waals surface area contributed by atoms with Crippen LogP contribution in [0.1, 0.15) is 16.2 Å². The van der Waals surface area contributed by atoms with Gasteiger partial charge < -0.3 is 4.57 Å². The number of carbonyl (C=O) groups is 1. The molecule has 0 fully saturated rings. The van der Waals surface area contributed by atoms with E-state index in [-0.39, 0.29) is 5.91 Å². The zero-order valence-electron chi connectivity index (χ0n) is 11.7. The molecule has 106 valence electrons. The Morgan fingerprint density at radius 2 is 2.00 bits per heavy atom. The SMILES string of the molecule is Cc1cc(C(=O)Nc2nncn2C)nn1-c1ccccc1. The molecule has 0 unspecified atom stereocenters. The molecule has 0 bridgehead atoms. The molecule has 0 aliphatic heterocycles. The first kappa shape index (κ1) is 13.0. The molecule has 0 atom stereocenters. The summed E-state index contributed by atoms with van der Waals surface area (Å²) in [6, 6.07) is 11.4. The molecular formula is C14H14N6O. The summed E-state index contributed by atoms with van der Waals surface area (Å²) in [5.74, 6) is 0.0656. The minimum atomic E-state index is -0.316. The summed E-state index contributed by atoms with van der Waals surface area (Å²) in [6.45, 7) is 1.90. The van der Waals surface area contributed by atoms with Crippen molar-refractivity contribution in [3.05, 3.63) is 54.1 Å². The minimum absolute atomic E-state index is 0.316. The Hall–Kier alpha value is -2.96. The van der Waals surface area contributed by atoms with Crippen LogP contribution in [0.25, 0.3) is 5.69 Å². The predicted octanol–water partition coefficient (Wildman–Crippen LogP) is 1.56. The fourth-order valence-corrected chi connectivity index (χ4v) is 1.98. The smallest absolute Gasteiger partial charge is 0.278 e. The van der Waals surface area contributed by atoms with E-state index in [4.69, 9.17) is 0 Å². The maximum Gasteiger partial charge on any atom is 0.278 e. The van der Waals surface area contributed by atoms with Gasteiger partial charge in [-0.05, 0) is 25.1 Å². The lowest BCUT2D eigenvalue weighted by molar-refractivity contribution is 0.102. The fraction of sp³-hybridized carbons (Fsp3) is 0.143. The van der Waals surface area contributed by atoms with Gasteiger partial charge in [-0.25, -0.2) is 4.68 Å². The molecule has 0 spiro atoms. The van der Waals surface area contributed by atoms with E-state index in [9.17, 15) is 4.79 Å². The van der Waals surface area contributed by atoms with E-state index < -0.39 is 0 Å². The molecule has 1 amide bonds. The van der Waals surface area contributed by atoms with E-state index in [0.717, 1.165) is 11.4 Å². The summed E-state index contributed by atoms with van der Waals surface area (Å²) >= 11 is 0. The first-order chi connectivity index (χ1) is 10.1. The first-order valence-corrected chi connectivity index (χ1v) is 6.42. The Kier molecular flexibility index (Phi) is 3.23. The molecule has 0 aliphatic rings.